The molecule has 1 saturated carbocycles. The molecule has 1 aliphatic heterocycles. The second-order valence-electron chi connectivity index (χ2n) is 6.40. The summed E-state index contributed by atoms with van der Waals surface area (Å²) in [6.45, 7) is 5.64. The Morgan fingerprint density at radius 1 is 1.44 bits per heavy atom. The number of nitriles is 1. The molecule has 1 heterocycles. The van der Waals surface area contributed by atoms with Crippen molar-refractivity contribution < 1.29 is 9.53 Å². The van der Waals surface area contributed by atoms with Crippen molar-refractivity contribution >= 4 is 6.09 Å². The summed E-state index contributed by atoms with van der Waals surface area (Å²) in [5.41, 5.74) is -0.467. The van der Waals surface area contributed by atoms with Crippen molar-refractivity contribution in [3.05, 3.63) is 0 Å². The first-order chi connectivity index (χ1) is 8.42. The summed E-state index contributed by atoms with van der Waals surface area (Å²) >= 11 is 0. The van der Waals surface area contributed by atoms with E-state index in [4.69, 9.17) is 10.00 Å². The zero-order valence-electron chi connectivity index (χ0n) is 11.5. The Balaban J connectivity index is 2.11. The molecule has 1 amide bonds. The van der Waals surface area contributed by atoms with Gasteiger partial charge in [-0.15, -0.1) is 0 Å². The van der Waals surface area contributed by atoms with Gasteiger partial charge in [0.25, 0.3) is 0 Å². The fourth-order valence-corrected chi connectivity index (χ4v) is 3.28. The average Bonchev–Trinajstić information content (AvgIpc) is 2.74. The Hall–Kier alpha value is -1.24. The summed E-state index contributed by atoms with van der Waals surface area (Å²) < 4.78 is 5.48. The molecular weight excluding hydrogens is 228 g/mol. The molecule has 18 heavy (non-hydrogen) atoms. The molecule has 100 valence electrons. The van der Waals surface area contributed by atoms with E-state index < -0.39 is 5.60 Å². The van der Waals surface area contributed by atoms with Gasteiger partial charge in [-0.1, -0.05) is 6.42 Å². The van der Waals surface area contributed by atoms with E-state index in [1.165, 1.54) is 12.8 Å². The van der Waals surface area contributed by atoms with Crippen LogP contribution < -0.4 is 0 Å². The van der Waals surface area contributed by atoms with Crippen LogP contribution in [-0.2, 0) is 4.74 Å². The molecular formula is C14H22N2O2. The minimum Gasteiger partial charge on any atom is -0.444 e. The van der Waals surface area contributed by atoms with E-state index in [1.807, 2.05) is 25.7 Å². The second-order valence-corrected chi connectivity index (χ2v) is 6.40. The Bertz CT molecular complexity index is 367. The number of hydrogen-bond donors (Lipinski definition) is 0. The molecule has 0 aromatic heterocycles. The van der Waals surface area contributed by atoms with Gasteiger partial charge in [-0.05, 0) is 46.0 Å². The van der Waals surface area contributed by atoms with Crippen LogP contribution in [0.5, 0.6) is 0 Å². The fourth-order valence-electron chi connectivity index (χ4n) is 3.28. The van der Waals surface area contributed by atoms with Crippen LogP contribution in [0.15, 0.2) is 0 Å². The topological polar surface area (TPSA) is 53.3 Å². The Morgan fingerprint density at radius 2 is 2.17 bits per heavy atom. The number of fused-ring (bicyclic) bond motifs is 1. The van der Waals surface area contributed by atoms with Gasteiger partial charge in [-0.25, -0.2) is 4.79 Å². The van der Waals surface area contributed by atoms with Crippen LogP contribution in [0.1, 0.15) is 52.9 Å². The molecule has 3 atom stereocenters. The van der Waals surface area contributed by atoms with Crippen LogP contribution in [0, 0.1) is 17.2 Å². The molecule has 2 rings (SSSR count). The molecule has 2 aliphatic rings. The number of likely N-dealkylation sites (tertiary alicyclic amines) is 1. The summed E-state index contributed by atoms with van der Waals surface area (Å²) in [5, 5.41) is 8.89. The molecule has 1 aliphatic carbocycles. The SMILES string of the molecule is CC(C)(C)OC(=O)N1C(CC#N)CC2CCCC21. The van der Waals surface area contributed by atoms with Crippen LogP contribution in [0.4, 0.5) is 4.79 Å². The summed E-state index contributed by atoms with van der Waals surface area (Å²) in [4.78, 5) is 14.1. The Morgan fingerprint density at radius 3 is 2.78 bits per heavy atom. The number of carbonyl (C=O) groups excluding carboxylic acids is 1. The van der Waals surface area contributed by atoms with Crippen LogP contribution in [-0.4, -0.2) is 28.7 Å². The van der Waals surface area contributed by atoms with Gasteiger partial charge >= 0.3 is 6.09 Å². The van der Waals surface area contributed by atoms with E-state index >= 15 is 0 Å². The van der Waals surface area contributed by atoms with E-state index in [-0.39, 0.29) is 12.1 Å². The molecule has 4 heteroatoms. The highest BCUT2D eigenvalue weighted by atomic mass is 16.6. The molecule has 2 fully saturated rings. The van der Waals surface area contributed by atoms with Gasteiger partial charge in [0.05, 0.1) is 12.5 Å². The maximum Gasteiger partial charge on any atom is 0.410 e. The largest absolute Gasteiger partial charge is 0.444 e. The third-order valence-corrected chi connectivity index (χ3v) is 3.88. The Labute approximate surface area is 109 Å². The molecule has 0 spiro atoms. The van der Waals surface area contributed by atoms with E-state index in [9.17, 15) is 4.79 Å². The predicted octanol–water partition coefficient (Wildman–Crippen LogP) is 3.08. The van der Waals surface area contributed by atoms with Crippen molar-refractivity contribution in [2.45, 2.75) is 70.6 Å². The maximum absolute atomic E-state index is 12.3. The number of nitrogens with zero attached hydrogens (tertiary/aromatic N) is 2. The molecule has 0 radical (unpaired) electrons. The van der Waals surface area contributed by atoms with Crippen molar-refractivity contribution in [1.29, 1.82) is 5.26 Å². The van der Waals surface area contributed by atoms with Crippen molar-refractivity contribution in [3.63, 3.8) is 0 Å². The van der Waals surface area contributed by atoms with Gasteiger partial charge in [-0.2, -0.15) is 5.26 Å². The van der Waals surface area contributed by atoms with Gasteiger partial charge in [0.1, 0.15) is 5.60 Å². The van der Waals surface area contributed by atoms with Crippen molar-refractivity contribution in [2.24, 2.45) is 5.92 Å². The lowest BCUT2D eigenvalue weighted by molar-refractivity contribution is 0.0143. The van der Waals surface area contributed by atoms with Gasteiger partial charge in [0, 0.05) is 12.1 Å². The minimum absolute atomic E-state index is 0.0557. The third kappa shape index (κ3) is 2.60. The normalized spacial score (nSPS) is 31.0. The van der Waals surface area contributed by atoms with Gasteiger partial charge < -0.3 is 9.64 Å². The first-order valence-corrected chi connectivity index (χ1v) is 6.80. The summed E-state index contributed by atoms with van der Waals surface area (Å²) in [6, 6.07) is 2.56. The van der Waals surface area contributed by atoms with Crippen LogP contribution in [0.25, 0.3) is 0 Å². The fraction of sp³-hybridized carbons (Fsp3) is 0.857. The van der Waals surface area contributed by atoms with Crippen LogP contribution >= 0.6 is 0 Å². The number of ether oxygens (including phenoxy) is 1. The number of hydrogen-bond acceptors (Lipinski definition) is 3. The zero-order chi connectivity index (χ0) is 13.3. The molecule has 0 aromatic carbocycles. The lowest BCUT2D eigenvalue weighted by Gasteiger charge is -2.31. The smallest absolute Gasteiger partial charge is 0.410 e. The molecule has 3 unspecified atom stereocenters. The summed E-state index contributed by atoms with van der Waals surface area (Å²) in [7, 11) is 0. The average molecular weight is 250 g/mol. The van der Waals surface area contributed by atoms with Gasteiger partial charge in [-0.3, -0.25) is 0 Å². The molecule has 0 bridgehead atoms. The van der Waals surface area contributed by atoms with E-state index in [0.717, 1.165) is 12.8 Å². The number of carbonyl (C=O) groups is 1. The highest BCUT2D eigenvalue weighted by molar-refractivity contribution is 5.69. The predicted molar refractivity (Wildman–Crippen MR) is 67.8 cm³/mol. The molecule has 1 saturated heterocycles. The second kappa shape index (κ2) is 4.79. The van der Waals surface area contributed by atoms with Gasteiger partial charge in [0.2, 0.25) is 0 Å². The Kier molecular flexibility index (Phi) is 3.52. The van der Waals surface area contributed by atoms with E-state index in [2.05, 4.69) is 6.07 Å². The monoisotopic (exact) mass is 250 g/mol. The summed E-state index contributed by atoms with van der Waals surface area (Å²) in [6.07, 6.45) is 4.59. The van der Waals surface area contributed by atoms with Crippen LogP contribution in [0.3, 0.4) is 0 Å². The van der Waals surface area contributed by atoms with Gasteiger partial charge in [0.15, 0.2) is 0 Å². The number of rotatable bonds is 1. The number of amides is 1. The first kappa shape index (κ1) is 13.2. The van der Waals surface area contributed by atoms with Crippen molar-refractivity contribution in [2.75, 3.05) is 0 Å². The lowest BCUT2D eigenvalue weighted by Crippen LogP contribution is -2.44. The zero-order valence-corrected chi connectivity index (χ0v) is 11.5. The third-order valence-electron chi connectivity index (χ3n) is 3.88. The standard InChI is InChI=1S/C14H22N2O2/c1-14(2,3)18-13(17)16-11(7-8-15)9-10-5-4-6-12(10)16/h10-12H,4-7,9H2,1-3H3. The van der Waals surface area contributed by atoms with Crippen molar-refractivity contribution in [3.8, 4) is 6.07 Å². The highest BCUT2D eigenvalue weighted by Crippen LogP contribution is 2.42. The lowest BCUT2D eigenvalue weighted by atomic mass is 10.0. The molecule has 4 nitrogen and oxygen atoms in total. The maximum atomic E-state index is 12.3. The van der Waals surface area contributed by atoms with Crippen LogP contribution in [0.2, 0.25) is 0 Å². The highest BCUT2D eigenvalue weighted by Gasteiger charge is 2.46. The summed E-state index contributed by atoms with van der Waals surface area (Å²) in [5.74, 6) is 0.580. The molecule has 0 N–H and O–H groups in total. The van der Waals surface area contributed by atoms with Crippen molar-refractivity contribution in [1.82, 2.24) is 4.90 Å². The van der Waals surface area contributed by atoms with E-state index in [0.29, 0.717) is 18.4 Å². The minimum atomic E-state index is -0.467. The van der Waals surface area contributed by atoms with E-state index in [1.54, 1.807) is 0 Å². The molecule has 0 aromatic rings. The quantitative estimate of drug-likeness (QED) is 0.718. The first-order valence-electron chi connectivity index (χ1n) is 6.80.